The number of amides is 1. The molecule has 1 aromatic carbocycles. The minimum atomic E-state index is -0.0583. The minimum Gasteiger partial charge on any atom is -0.356 e. The third-order valence-corrected chi connectivity index (χ3v) is 4.95. The molecule has 7 heteroatoms. The predicted octanol–water partition coefficient (Wildman–Crippen LogP) is 2.11. The number of guanidine groups is 1. The number of hydrogen-bond acceptors (Lipinski definition) is 4. The van der Waals surface area contributed by atoms with E-state index in [-0.39, 0.29) is 5.91 Å². The Morgan fingerprint density at radius 1 is 1.10 bits per heavy atom. The van der Waals surface area contributed by atoms with Gasteiger partial charge in [-0.25, -0.2) is 4.98 Å². The van der Waals surface area contributed by atoms with Crippen LogP contribution in [0.25, 0.3) is 0 Å². The van der Waals surface area contributed by atoms with E-state index in [4.69, 9.17) is 0 Å². The molecule has 0 atom stereocenters. The average Bonchev–Trinajstić information content (AvgIpc) is 2.74. The van der Waals surface area contributed by atoms with E-state index < -0.39 is 0 Å². The van der Waals surface area contributed by atoms with Gasteiger partial charge < -0.3 is 15.5 Å². The molecule has 1 amide bonds. The van der Waals surface area contributed by atoms with Crippen molar-refractivity contribution in [2.45, 2.75) is 19.9 Å². The molecule has 1 aromatic heterocycles. The van der Waals surface area contributed by atoms with Gasteiger partial charge in [0.1, 0.15) is 5.82 Å². The Morgan fingerprint density at radius 2 is 1.86 bits per heavy atom. The van der Waals surface area contributed by atoms with Crippen molar-refractivity contribution in [3.8, 4) is 0 Å². The number of hydrogen-bond donors (Lipinski definition) is 2. The summed E-state index contributed by atoms with van der Waals surface area (Å²) in [5.74, 6) is 1.38. The standard InChI is InChI=1S/C22H30N6O/c1-18-8-9-20(25-16-18)26-21(29)10-11-24-22(23-2)28-14-12-27(13-15-28)17-19-6-4-3-5-7-19/h3-9,16H,10-15,17H2,1-2H3,(H,23,24)(H,25,26,29). The van der Waals surface area contributed by atoms with Crippen molar-refractivity contribution in [1.29, 1.82) is 0 Å². The van der Waals surface area contributed by atoms with Crippen molar-refractivity contribution in [2.75, 3.05) is 45.1 Å². The lowest BCUT2D eigenvalue weighted by Gasteiger charge is -2.36. The van der Waals surface area contributed by atoms with Crippen LogP contribution >= 0.6 is 0 Å². The number of benzene rings is 1. The second-order valence-corrected chi connectivity index (χ2v) is 7.24. The highest BCUT2D eigenvalue weighted by atomic mass is 16.1. The Kier molecular flexibility index (Phi) is 7.58. The molecule has 1 saturated heterocycles. The SMILES string of the molecule is CN=C(NCCC(=O)Nc1ccc(C)cn1)N1CCN(Cc2ccccc2)CC1. The Bertz CT molecular complexity index is 798. The van der Waals surface area contributed by atoms with Gasteiger partial charge in [-0.1, -0.05) is 36.4 Å². The minimum absolute atomic E-state index is 0.0583. The second kappa shape index (κ2) is 10.6. The van der Waals surface area contributed by atoms with Crippen LogP contribution < -0.4 is 10.6 Å². The number of aliphatic imine (C=N–C) groups is 1. The van der Waals surface area contributed by atoms with Crippen molar-refractivity contribution >= 4 is 17.7 Å². The van der Waals surface area contributed by atoms with Crippen molar-refractivity contribution in [1.82, 2.24) is 20.1 Å². The van der Waals surface area contributed by atoms with Crippen LogP contribution in [-0.4, -0.2) is 66.4 Å². The maximum Gasteiger partial charge on any atom is 0.227 e. The van der Waals surface area contributed by atoms with Gasteiger partial charge in [0.15, 0.2) is 5.96 Å². The second-order valence-electron chi connectivity index (χ2n) is 7.24. The van der Waals surface area contributed by atoms with Crippen LogP contribution in [0.1, 0.15) is 17.5 Å². The van der Waals surface area contributed by atoms with Gasteiger partial charge in [-0.3, -0.25) is 14.7 Å². The topological polar surface area (TPSA) is 72.9 Å². The molecule has 29 heavy (non-hydrogen) atoms. The van der Waals surface area contributed by atoms with Crippen LogP contribution in [0.2, 0.25) is 0 Å². The summed E-state index contributed by atoms with van der Waals surface area (Å²) < 4.78 is 0. The molecular weight excluding hydrogens is 364 g/mol. The summed E-state index contributed by atoms with van der Waals surface area (Å²) in [7, 11) is 1.79. The molecule has 1 aliphatic heterocycles. The van der Waals surface area contributed by atoms with E-state index in [1.54, 1.807) is 13.2 Å². The fraction of sp³-hybridized carbons (Fsp3) is 0.409. The zero-order valence-corrected chi connectivity index (χ0v) is 17.3. The molecule has 1 fully saturated rings. The van der Waals surface area contributed by atoms with Crippen molar-refractivity contribution in [2.24, 2.45) is 4.99 Å². The summed E-state index contributed by atoms with van der Waals surface area (Å²) in [4.78, 5) is 25.4. The highest BCUT2D eigenvalue weighted by Gasteiger charge is 2.19. The quantitative estimate of drug-likeness (QED) is 0.580. The summed E-state index contributed by atoms with van der Waals surface area (Å²) in [6.07, 6.45) is 2.11. The van der Waals surface area contributed by atoms with E-state index in [1.165, 1.54) is 5.56 Å². The van der Waals surface area contributed by atoms with Crippen molar-refractivity contribution in [3.05, 3.63) is 59.8 Å². The molecule has 0 bridgehead atoms. The average molecular weight is 395 g/mol. The van der Waals surface area contributed by atoms with E-state index in [0.29, 0.717) is 18.8 Å². The smallest absolute Gasteiger partial charge is 0.227 e. The highest BCUT2D eigenvalue weighted by Crippen LogP contribution is 2.09. The number of nitrogens with zero attached hydrogens (tertiary/aromatic N) is 4. The fourth-order valence-electron chi connectivity index (χ4n) is 3.33. The van der Waals surface area contributed by atoms with E-state index in [9.17, 15) is 4.79 Å². The summed E-state index contributed by atoms with van der Waals surface area (Å²) in [5.41, 5.74) is 2.41. The number of piperazine rings is 1. The van der Waals surface area contributed by atoms with Crippen LogP contribution in [0.5, 0.6) is 0 Å². The van der Waals surface area contributed by atoms with Crippen LogP contribution in [0.15, 0.2) is 53.7 Å². The summed E-state index contributed by atoms with van der Waals surface area (Å²) >= 11 is 0. The van der Waals surface area contributed by atoms with Crippen molar-refractivity contribution < 1.29 is 4.79 Å². The Hall–Kier alpha value is -2.93. The fourth-order valence-corrected chi connectivity index (χ4v) is 3.33. The van der Waals surface area contributed by atoms with Gasteiger partial charge in [-0.15, -0.1) is 0 Å². The molecule has 0 saturated carbocycles. The summed E-state index contributed by atoms with van der Waals surface area (Å²) in [5, 5.41) is 6.12. The Morgan fingerprint density at radius 3 is 2.52 bits per heavy atom. The number of carbonyl (C=O) groups is 1. The van der Waals surface area contributed by atoms with Crippen LogP contribution in [0, 0.1) is 6.92 Å². The third-order valence-electron chi connectivity index (χ3n) is 4.95. The largest absolute Gasteiger partial charge is 0.356 e. The molecule has 3 rings (SSSR count). The maximum atomic E-state index is 12.1. The van der Waals surface area contributed by atoms with Gasteiger partial charge >= 0.3 is 0 Å². The molecule has 2 aromatic rings. The Balaban J connectivity index is 1.38. The molecule has 1 aliphatic rings. The van der Waals surface area contributed by atoms with Crippen molar-refractivity contribution in [3.63, 3.8) is 0 Å². The zero-order valence-electron chi connectivity index (χ0n) is 17.3. The predicted molar refractivity (Wildman–Crippen MR) is 117 cm³/mol. The normalized spacial score (nSPS) is 15.2. The van der Waals surface area contributed by atoms with Gasteiger partial charge in [-0.05, 0) is 24.1 Å². The van der Waals surface area contributed by atoms with Gasteiger partial charge in [-0.2, -0.15) is 0 Å². The van der Waals surface area contributed by atoms with Crippen LogP contribution in [-0.2, 0) is 11.3 Å². The number of aryl methyl sites for hydroxylation is 1. The van der Waals surface area contributed by atoms with Crippen LogP contribution in [0.4, 0.5) is 5.82 Å². The van der Waals surface area contributed by atoms with E-state index in [0.717, 1.165) is 44.2 Å². The number of carbonyl (C=O) groups excluding carboxylic acids is 1. The zero-order chi connectivity index (χ0) is 20.5. The maximum absolute atomic E-state index is 12.1. The molecular formula is C22H30N6O. The molecule has 0 unspecified atom stereocenters. The van der Waals surface area contributed by atoms with Gasteiger partial charge in [0.2, 0.25) is 5.91 Å². The van der Waals surface area contributed by atoms with Gasteiger partial charge in [0, 0.05) is 58.9 Å². The van der Waals surface area contributed by atoms with Gasteiger partial charge in [0.05, 0.1) is 0 Å². The Labute approximate surface area is 172 Å². The summed E-state index contributed by atoms with van der Waals surface area (Å²) in [6.45, 7) is 7.32. The molecule has 0 spiro atoms. The van der Waals surface area contributed by atoms with E-state index in [2.05, 4.69) is 60.7 Å². The molecule has 0 aliphatic carbocycles. The number of nitrogens with one attached hydrogen (secondary N) is 2. The first-order valence-electron chi connectivity index (χ1n) is 10.1. The third kappa shape index (κ3) is 6.57. The first-order valence-corrected chi connectivity index (χ1v) is 10.1. The molecule has 2 heterocycles. The van der Waals surface area contributed by atoms with E-state index in [1.807, 2.05) is 19.1 Å². The van der Waals surface area contributed by atoms with Gasteiger partial charge in [0.25, 0.3) is 0 Å². The van der Waals surface area contributed by atoms with Crippen LogP contribution in [0.3, 0.4) is 0 Å². The molecule has 7 nitrogen and oxygen atoms in total. The monoisotopic (exact) mass is 394 g/mol. The lowest BCUT2D eigenvalue weighted by atomic mass is 10.2. The highest BCUT2D eigenvalue weighted by molar-refractivity contribution is 5.90. The van der Waals surface area contributed by atoms with E-state index >= 15 is 0 Å². The first-order chi connectivity index (χ1) is 14.1. The number of pyridine rings is 1. The number of anilines is 1. The summed E-state index contributed by atoms with van der Waals surface area (Å²) in [6, 6.07) is 14.3. The molecule has 0 radical (unpaired) electrons. The lowest BCUT2D eigenvalue weighted by molar-refractivity contribution is -0.116. The lowest BCUT2D eigenvalue weighted by Crippen LogP contribution is -2.52. The number of rotatable bonds is 6. The number of aromatic nitrogens is 1. The molecule has 2 N–H and O–H groups in total. The first kappa shape index (κ1) is 20.8. The molecule has 154 valence electrons.